The minimum Gasteiger partial charge on any atom is -0.493 e. The molecule has 0 spiro atoms. The van der Waals surface area contributed by atoms with E-state index in [1.165, 1.54) is 39.5 Å². The van der Waals surface area contributed by atoms with Gasteiger partial charge in [0.2, 0.25) is 11.3 Å². The maximum atomic E-state index is 14.8. The lowest BCUT2D eigenvalue weighted by Crippen LogP contribution is -2.19. The van der Waals surface area contributed by atoms with Crippen molar-refractivity contribution in [1.82, 2.24) is 14.5 Å². The number of hydrogen-bond acceptors (Lipinski definition) is 5. The second-order valence-corrected chi connectivity index (χ2v) is 7.07. The Bertz CT molecular complexity index is 1120. The summed E-state index contributed by atoms with van der Waals surface area (Å²) in [7, 11) is 4.36. The number of nitrogens with one attached hydrogen (secondary N) is 1. The van der Waals surface area contributed by atoms with Gasteiger partial charge in [0.05, 0.1) is 19.6 Å². The second-order valence-electron chi connectivity index (χ2n) is 5.99. The van der Waals surface area contributed by atoms with Crippen LogP contribution in [0.3, 0.4) is 0 Å². The van der Waals surface area contributed by atoms with Crippen LogP contribution in [0.5, 0.6) is 11.5 Å². The number of aromatic nitrogens is 2. The normalized spacial score (nSPS) is 12.4. The molecule has 2 aromatic carbocycles. The SMILES string of the molecule is COc1cc2c(-c3ccc(CN(C)S(=O)O)cc3F)n[nH]c(=O)c2cc1OC. The van der Waals surface area contributed by atoms with Gasteiger partial charge in [0, 0.05) is 24.5 Å². The summed E-state index contributed by atoms with van der Waals surface area (Å²) in [4.78, 5) is 12.2. The van der Waals surface area contributed by atoms with E-state index in [2.05, 4.69) is 10.2 Å². The Labute approximate surface area is 162 Å². The first kappa shape index (κ1) is 19.9. The third-order valence-electron chi connectivity index (χ3n) is 4.25. The maximum Gasteiger partial charge on any atom is 0.272 e. The molecule has 10 heteroatoms. The number of fused-ring (bicyclic) bond motifs is 1. The van der Waals surface area contributed by atoms with Crippen molar-refractivity contribution in [2.45, 2.75) is 6.54 Å². The number of rotatable bonds is 6. The predicted molar refractivity (Wildman–Crippen MR) is 103 cm³/mol. The Balaban J connectivity index is 2.14. The zero-order valence-corrected chi connectivity index (χ0v) is 16.2. The smallest absolute Gasteiger partial charge is 0.272 e. The van der Waals surface area contributed by atoms with E-state index in [1.54, 1.807) is 12.1 Å². The lowest BCUT2D eigenvalue weighted by atomic mass is 10.0. The number of ether oxygens (including phenoxy) is 2. The van der Waals surface area contributed by atoms with Crippen molar-refractivity contribution in [2.75, 3.05) is 21.3 Å². The maximum absolute atomic E-state index is 14.8. The topological polar surface area (TPSA) is 105 Å². The van der Waals surface area contributed by atoms with E-state index >= 15 is 0 Å². The highest BCUT2D eigenvalue weighted by molar-refractivity contribution is 7.76. The summed E-state index contributed by atoms with van der Waals surface area (Å²) in [6.45, 7) is 0.0884. The van der Waals surface area contributed by atoms with Crippen LogP contribution in [-0.2, 0) is 17.8 Å². The van der Waals surface area contributed by atoms with Crippen LogP contribution in [0.4, 0.5) is 4.39 Å². The summed E-state index contributed by atoms with van der Waals surface area (Å²) in [5, 5.41) is 7.07. The van der Waals surface area contributed by atoms with Gasteiger partial charge in [-0.25, -0.2) is 13.7 Å². The molecule has 1 aromatic heterocycles. The van der Waals surface area contributed by atoms with Gasteiger partial charge in [0.1, 0.15) is 11.5 Å². The van der Waals surface area contributed by atoms with Crippen molar-refractivity contribution >= 4 is 22.0 Å². The van der Waals surface area contributed by atoms with Crippen molar-refractivity contribution in [2.24, 2.45) is 0 Å². The first-order valence-corrected chi connectivity index (χ1v) is 9.17. The molecule has 8 nitrogen and oxygen atoms in total. The second kappa shape index (κ2) is 8.05. The molecule has 2 N–H and O–H groups in total. The van der Waals surface area contributed by atoms with Gasteiger partial charge in [-0.2, -0.15) is 9.40 Å². The summed E-state index contributed by atoms with van der Waals surface area (Å²) in [5.74, 6) is 0.173. The number of H-pyrrole nitrogens is 1. The van der Waals surface area contributed by atoms with E-state index in [9.17, 15) is 13.4 Å². The highest BCUT2D eigenvalue weighted by Crippen LogP contribution is 2.35. The first-order chi connectivity index (χ1) is 13.3. The molecular weight excluding hydrogens is 389 g/mol. The largest absolute Gasteiger partial charge is 0.493 e. The van der Waals surface area contributed by atoms with Crippen LogP contribution in [0.15, 0.2) is 35.1 Å². The minimum atomic E-state index is -2.15. The van der Waals surface area contributed by atoms with Crippen LogP contribution in [0.1, 0.15) is 5.56 Å². The quantitative estimate of drug-likeness (QED) is 0.608. The molecule has 1 heterocycles. The van der Waals surface area contributed by atoms with Gasteiger partial charge in [-0.1, -0.05) is 6.07 Å². The molecule has 0 aliphatic rings. The first-order valence-electron chi connectivity index (χ1n) is 8.11. The molecule has 0 fully saturated rings. The van der Waals surface area contributed by atoms with Gasteiger partial charge in [0.25, 0.3) is 5.56 Å². The number of nitrogens with zero attached hydrogens (tertiary/aromatic N) is 2. The van der Waals surface area contributed by atoms with Crippen LogP contribution < -0.4 is 15.0 Å². The van der Waals surface area contributed by atoms with Crippen molar-refractivity contribution < 1.29 is 22.6 Å². The number of hydrogen-bond donors (Lipinski definition) is 2. The Morgan fingerprint density at radius 2 is 1.82 bits per heavy atom. The molecule has 3 rings (SSSR count). The molecule has 0 radical (unpaired) electrons. The van der Waals surface area contributed by atoms with Crippen molar-refractivity contribution in [1.29, 1.82) is 0 Å². The Hall–Kier alpha value is -2.82. The van der Waals surface area contributed by atoms with E-state index in [0.29, 0.717) is 22.4 Å². The van der Waals surface area contributed by atoms with E-state index in [-0.39, 0.29) is 23.2 Å². The average Bonchev–Trinajstić information content (AvgIpc) is 2.68. The highest BCUT2D eigenvalue weighted by Gasteiger charge is 2.17. The monoisotopic (exact) mass is 407 g/mol. The molecule has 0 amide bonds. The van der Waals surface area contributed by atoms with Gasteiger partial charge in [-0.05, 0) is 29.8 Å². The molecule has 3 aromatic rings. The summed E-state index contributed by atoms with van der Waals surface area (Å²) in [6.07, 6.45) is 0. The van der Waals surface area contributed by atoms with E-state index in [4.69, 9.17) is 14.0 Å². The van der Waals surface area contributed by atoms with Crippen LogP contribution in [0, 0.1) is 5.82 Å². The Morgan fingerprint density at radius 3 is 2.39 bits per heavy atom. The zero-order valence-electron chi connectivity index (χ0n) is 15.4. The summed E-state index contributed by atoms with van der Waals surface area (Å²) in [5.41, 5.74) is 0.478. The molecule has 0 saturated carbocycles. The summed E-state index contributed by atoms with van der Waals surface area (Å²) in [6, 6.07) is 7.48. The molecule has 148 valence electrons. The molecule has 0 aliphatic carbocycles. The highest BCUT2D eigenvalue weighted by atomic mass is 32.2. The van der Waals surface area contributed by atoms with Gasteiger partial charge < -0.3 is 9.47 Å². The molecule has 0 aliphatic heterocycles. The molecule has 28 heavy (non-hydrogen) atoms. The zero-order chi connectivity index (χ0) is 20.4. The van der Waals surface area contributed by atoms with Crippen molar-refractivity contribution in [3.05, 3.63) is 52.1 Å². The van der Waals surface area contributed by atoms with Crippen molar-refractivity contribution in [3.63, 3.8) is 0 Å². The molecule has 0 saturated heterocycles. The molecule has 1 unspecified atom stereocenters. The van der Waals surface area contributed by atoms with Gasteiger partial charge in [-0.3, -0.25) is 9.35 Å². The number of methoxy groups -OCH3 is 2. The van der Waals surface area contributed by atoms with Crippen LogP contribution in [0.2, 0.25) is 0 Å². The fraction of sp³-hybridized carbons (Fsp3) is 0.222. The van der Waals surface area contributed by atoms with E-state index in [1.807, 2.05) is 0 Å². The Kier molecular flexibility index (Phi) is 5.73. The third-order valence-corrected chi connectivity index (χ3v) is 4.92. The van der Waals surface area contributed by atoms with Crippen LogP contribution >= 0.6 is 0 Å². The van der Waals surface area contributed by atoms with Gasteiger partial charge >= 0.3 is 0 Å². The number of aromatic amines is 1. The van der Waals surface area contributed by atoms with Crippen LogP contribution in [-0.4, -0.2) is 44.5 Å². The third kappa shape index (κ3) is 3.75. The summed E-state index contributed by atoms with van der Waals surface area (Å²) >= 11 is -2.15. The number of halogens is 1. The van der Waals surface area contributed by atoms with E-state index < -0.39 is 22.6 Å². The fourth-order valence-electron chi connectivity index (χ4n) is 2.86. The minimum absolute atomic E-state index is 0.0884. The Morgan fingerprint density at radius 1 is 1.18 bits per heavy atom. The van der Waals surface area contributed by atoms with Crippen LogP contribution in [0.25, 0.3) is 22.0 Å². The van der Waals surface area contributed by atoms with Gasteiger partial charge in [0.15, 0.2) is 11.5 Å². The summed E-state index contributed by atoms with van der Waals surface area (Å²) < 4.78 is 46.5. The van der Waals surface area contributed by atoms with Gasteiger partial charge in [-0.15, -0.1) is 0 Å². The predicted octanol–water partition coefficient (Wildman–Crippen LogP) is 2.31. The molecular formula is C18H18FN3O5S. The van der Waals surface area contributed by atoms with E-state index in [0.717, 1.165) is 4.31 Å². The lowest BCUT2D eigenvalue weighted by molar-refractivity contribution is 0.356. The lowest BCUT2D eigenvalue weighted by Gasteiger charge is -2.13. The molecule has 0 bridgehead atoms. The fourth-order valence-corrected chi connectivity index (χ4v) is 3.12. The van der Waals surface area contributed by atoms with Crippen molar-refractivity contribution in [3.8, 4) is 22.8 Å². The number of benzene rings is 2. The average molecular weight is 407 g/mol. The standard InChI is InChI=1S/C18H18FN3O5S/c1-22(28(24)25)9-10-4-5-11(14(19)6-10)17-12-7-15(26-2)16(27-3)8-13(12)18(23)21-20-17/h4-8H,9H2,1-3H3,(H,21,23)(H,24,25). The molecule has 1 atom stereocenters.